The van der Waals surface area contributed by atoms with Gasteiger partial charge in [0.2, 0.25) is 11.8 Å². The molecule has 0 unspecified atom stereocenters. The zero-order valence-corrected chi connectivity index (χ0v) is 13.3. The Hall–Kier alpha value is -1.49. The number of rotatable bonds is 5. The topological polar surface area (TPSA) is 58.2 Å². The normalized spacial score (nSPS) is 11.0. The fourth-order valence-electron chi connectivity index (χ4n) is 1.48. The van der Waals surface area contributed by atoms with Gasteiger partial charge in [-0.1, -0.05) is 17.7 Å². The first-order chi connectivity index (χ1) is 9.26. The number of thioether (sulfide) groups is 1. The third-order valence-electron chi connectivity index (χ3n) is 2.35. The molecule has 1 aromatic carbocycles. The van der Waals surface area contributed by atoms with Crippen LogP contribution in [-0.4, -0.2) is 29.7 Å². The molecule has 0 aliphatic rings. The van der Waals surface area contributed by atoms with Crippen LogP contribution in [0.15, 0.2) is 29.2 Å². The van der Waals surface area contributed by atoms with Gasteiger partial charge in [-0.3, -0.25) is 9.59 Å². The molecule has 0 saturated heterocycles. The molecule has 20 heavy (non-hydrogen) atoms. The van der Waals surface area contributed by atoms with E-state index in [1.165, 1.54) is 17.3 Å². The minimum absolute atomic E-state index is 0.0184. The summed E-state index contributed by atoms with van der Waals surface area (Å²) in [4.78, 5) is 24.2. The van der Waals surface area contributed by atoms with Gasteiger partial charge in [0.05, 0.1) is 12.3 Å². The van der Waals surface area contributed by atoms with Crippen LogP contribution in [0.2, 0.25) is 0 Å². The van der Waals surface area contributed by atoms with Gasteiger partial charge in [0, 0.05) is 10.4 Å². The van der Waals surface area contributed by atoms with Gasteiger partial charge in [0.25, 0.3) is 0 Å². The predicted octanol–water partition coefficient (Wildman–Crippen LogP) is 2.12. The van der Waals surface area contributed by atoms with Gasteiger partial charge in [-0.2, -0.15) is 0 Å². The first-order valence-corrected chi connectivity index (χ1v) is 7.52. The molecule has 5 heteroatoms. The monoisotopic (exact) mass is 294 g/mol. The average Bonchev–Trinajstić information content (AvgIpc) is 2.33. The van der Waals surface area contributed by atoms with Crippen LogP contribution < -0.4 is 10.6 Å². The second-order valence-corrected chi connectivity index (χ2v) is 6.73. The van der Waals surface area contributed by atoms with Crippen LogP contribution in [0, 0.1) is 6.92 Å². The summed E-state index contributed by atoms with van der Waals surface area (Å²) in [5, 5.41) is 5.41. The van der Waals surface area contributed by atoms with E-state index in [2.05, 4.69) is 10.6 Å². The molecule has 0 spiro atoms. The molecule has 4 nitrogen and oxygen atoms in total. The zero-order chi connectivity index (χ0) is 15.2. The van der Waals surface area contributed by atoms with Crippen LogP contribution in [0.4, 0.5) is 0 Å². The van der Waals surface area contributed by atoms with Crippen LogP contribution in [-0.2, 0) is 9.59 Å². The number of hydrogen-bond acceptors (Lipinski definition) is 3. The van der Waals surface area contributed by atoms with Gasteiger partial charge < -0.3 is 10.6 Å². The Morgan fingerprint density at radius 1 is 1.10 bits per heavy atom. The molecule has 0 atom stereocenters. The molecule has 0 fully saturated rings. The lowest BCUT2D eigenvalue weighted by molar-refractivity contribution is -0.125. The first-order valence-electron chi connectivity index (χ1n) is 6.53. The molecule has 1 rings (SSSR count). The van der Waals surface area contributed by atoms with Crippen LogP contribution in [0.5, 0.6) is 0 Å². The number of aryl methyl sites for hydroxylation is 1. The average molecular weight is 294 g/mol. The number of nitrogens with one attached hydrogen (secondary N) is 2. The summed E-state index contributed by atoms with van der Waals surface area (Å²) in [6.45, 7) is 7.75. The van der Waals surface area contributed by atoms with Gasteiger partial charge in [-0.15, -0.1) is 11.8 Å². The van der Waals surface area contributed by atoms with Gasteiger partial charge >= 0.3 is 0 Å². The maximum absolute atomic E-state index is 11.6. The van der Waals surface area contributed by atoms with Crippen molar-refractivity contribution < 1.29 is 9.59 Å². The number of carbonyl (C=O) groups is 2. The third kappa shape index (κ3) is 7.19. The largest absolute Gasteiger partial charge is 0.350 e. The highest BCUT2D eigenvalue weighted by Crippen LogP contribution is 2.17. The molecule has 0 saturated carbocycles. The highest BCUT2D eigenvalue weighted by molar-refractivity contribution is 8.00. The highest BCUT2D eigenvalue weighted by Gasteiger charge is 2.14. The molecule has 0 bridgehead atoms. The maximum atomic E-state index is 11.6. The van der Waals surface area contributed by atoms with Crippen molar-refractivity contribution in [2.75, 3.05) is 12.3 Å². The van der Waals surface area contributed by atoms with Crippen molar-refractivity contribution in [2.45, 2.75) is 38.1 Å². The Morgan fingerprint density at radius 2 is 1.70 bits per heavy atom. The number of amides is 2. The van der Waals surface area contributed by atoms with E-state index >= 15 is 0 Å². The lowest BCUT2D eigenvalue weighted by Crippen LogP contribution is -2.46. The summed E-state index contributed by atoms with van der Waals surface area (Å²) in [5.74, 6) is -0.00269. The Balaban J connectivity index is 2.27. The number of benzene rings is 1. The van der Waals surface area contributed by atoms with Crippen molar-refractivity contribution in [1.29, 1.82) is 0 Å². The van der Waals surface area contributed by atoms with Gasteiger partial charge in [0.15, 0.2) is 0 Å². The highest BCUT2D eigenvalue weighted by atomic mass is 32.2. The minimum Gasteiger partial charge on any atom is -0.350 e. The Morgan fingerprint density at radius 3 is 2.25 bits per heavy atom. The zero-order valence-electron chi connectivity index (χ0n) is 12.4. The molecule has 0 radical (unpaired) electrons. The molecule has 2 amide bonds. The van der Waals surface area contributed by atoms with Gasteiger partial charge in [0.1, 0.15) is 0 Å². The standard InChI is InChI=1S/C15H22N2O2S/c1-11-5-7-12(8-6-11)20-10-14(19)16-9-13(18)17-15(2,3)4/h5-8H,9-10H2,1-4H3,(H,16,19)(H,17,18). The Kier molecular flexibility index (Phi) is 6.07. The lowest BCUT2D eigenvalue weighted by atomic mass is 10.1. The molecule has 2 N–H and O–H groups in total. The van der Waals surface area contributed by atoms with E-state index < -0.39 is 0 Å². The van der Waals surface area contributed by atoms with Crippen LogP contribution >= 0.6 is 11.8 Å². The maximum Gasteiger partial charge on any atom is 0.239 e. The van der Waals surface area contributed by atoms with E-state index in [1.54, 1.807) is 0 Å². The van der Waals surface area contributed by atoms with E-state index in [-0.39, 0.29) is 23.9 Å². The third-order valence-corrected chi connectivity index (χ3v) is 3.36. The second kappa shape index (κ2) is 7.33. The van der Waals surface area contributed by atoms with Crippen molar-refractivity contribution in [3.63, 3.8) is 0 Å². The van der Waals surface area contributed by atoms with Gasteiger partial charge in [-0.25, -0.2) is 0 Å². The summed E-state index contributed by atoms with van der Waals surface area (Å²) >= 11 is 1.46. The molecular formula is C15H22N2O2S. The van der Waals surface area contributed by atoms with Crippen molar-refractivity contribution in [3.8, 4) is 0 Å². The predicted molar refractivity (Wildman–Crippen MR) is 82.8 cm³/mol. The summed E-state index contributed by atoms with van der Waals surface area (Å²) in [7, 11) is 0. The number of carbonyl (C=O) groups excluding carboxylic acids is 2. The molecule has 0 aliphatic heterocycles. The second-order valence-electron chi connectivity index (χ2n) is 5.68. The molecular weight excluding hydrogens is 272 g/mol. The smallest absolute Gasteiger partial charge is 0.239 e. The quantitative estimate of drug-likeness (QED) is 0.818. The molecule has 110 valence electrons. The summed E-state index contributed by atoms with van der Waals surface area (Å²) in [5.41, 5.74) is 0.913. The molecule has 0 aromatic heterocycles. The Bertz CT molecular complexity index is 464. The van der Waals surface area contributed by atoms with Crippen LogP contribution in [0.3, 0.4) is 0 Å². The van der Waals surface area contributed by atoms with Gasteiger partial charge in [-0.05, 0) is 39.8 Å². The van der Waals surface area contributed by atoms with E-state index in [4.69, 9.17) is 0 Å². The van der Waals surface area contributed by atoms with Crippen LogP contribution in [0.25, 0.3) is 0 Å². The van der Waals surface area contributed by atoms with Crippen molar-refractivity contribution in [2.24, 2.45) is 0 Å². The summed E-state index contributed by atoms with van der Waals surface area (Å²) in [6.07, 6.45) is 0. The summed E-state index contributed by atoms with van der Waals surface area (Å²) < 4.78 is 0. The minimum atomic E-state index is -0.279. The summed E-state index contributed by atoms with van der Waals surface area (Å²) in [6, 6.07) is 7.99. The molecule has 0 aliphatic carbocycles. The fourth-order valence-corrected chi connectivity index (χ4v) is 2.20. The van der Waals surface area contributed by atoms with Crippen molar-refractivity contribution in [3.05, 3.63) is 29.8 Å². The van der Waals surface area contributed by atoms with E-state index in [9.17, 15) is 9.59 Å². The Labute approximate surface area is 124 Å². The van der Waals surface area contributed by atoms with E-state index in [0.29, 0.717) is 5.75 Å². The van der Waals surface area contributed by atoms with E-state index in [0.717, 1.165) is 4.90 Å². The van der Waals surface area contributed by atoms with Crippen molar-refractivity contribution in [1.82, 2.24) is 10.6 Å². The SMILES string of the molecule is Cc1ccc(SCC(=O)NCC(=O)NC(C)(C)C)cc1. The first kappa shape index (κ1) is 16.6. The van der Waals surface area contributed by atoms with E-state index in [1.807, 2.05) is 52.0 Å². The molecule has 1 aromatic rings. The van der Waals surface area contributed by atoms with Crippen molar-refractivity contribution >= 4 is 23.6 Å². The molecule has 0 heterocycles. The number of hydrogen-bond donors (Lipinski definition) is 2. The fraction of sp³-hybridized carbons (Fsp3) is 0.467. The lowest BCUT2D eigenvalue weighted by Gasteiger charge is -2.20. The van der Waals surface area contributed by atoms with Crippen LogP contribution in [0.1, 0.15) is 26.3 Å².